The summed E-state index contributed by atoms with van der Waals surface area (Å²) >= 11 is 0. The topological polar surface area (TPSA) is 149 Å². The number of unbranched alkanes of at least 4 members (excludes halogenated alkanes) is 20. The van der Waals surface area contributed by atoms with Gasteiger partial charge in [0.1, 0.15) is 24.4 Å². The number of rotatable bonds is 46. The Morgan fingerprint density at radius 1 is 0.500 bits per heavy atom. The normalized spacial score (nSPS) is 20.2. The maximum atomic E-state index is 13.0. The van der Waals surface area contributed by atoms with Gasteiger partial charge in [-0.3, -0.25) is 4.79 Å². The summed E-state index contributed by atoms with van der Waals surface area (Å²) in [7, 11) is 0. The number of aliphatic hydroxyl groups is 5. The number of carbonyl (C=O) groups is 1. The van der Waals surface area contributed by atoms with Crippen LogP contribution in [0.4, 0.5) is 0 Å². The maximum absolute atomic E-state index is 13.0. The Bertz CT molecular complexity index is 1460. The molecule has 1 heterocycles. The fraction of sp³-hybridized carbons (Fsp3) is 0.689. The number of allylic oxidation sites excluding steroid dienone is 17. The largest absolute Gasteiger partial charge is 0.394 e. The molecule has 9 nitrogen and oxygen atoms in total. The van der Waals surface area contributed by atoms with Crippen molar-refractivity contribution in [1.29, 1.82) is 0 Å². The molecular formula is C61H103NO8. The summed E-state index contributed by atoms with van der Waals surface area (Å²) in [4.78, 5) is 13.0. The van der Waals surface area contributed by atoms with E-state index in [2.05, 4.69) is 116 Å². The van der Waals surface area contributed by atoms with E-state index in [1.165, 1.54) is 103 Å². The number of carbonyl (C=O) groups excluding carboxylic acids is 1. The molecule has 1 saturated heterocycles. The molecule has 70 heavy (non-hydrogen) atoms. The summed E-state index contributed by atoms with van der Waals surface area (Å²) in [6, 6.07) is -0.810. The lowest BCUT2D eigenvalue weighted by atomic mass is 9.99. The van der Waals surface area contributed by atoms with E-state index in [0.29, 0.717) is 6.42 Å². The monoisotopic (exact) mass is 978 g/mol. The maximum Gasteiger partial charge on any atom is 0.220 e. The molecular weight excluding hydrogens is 875 g/mol. The molecule has 0 aromatic heterocycles. The van der Waals surface area contributed by atoms with Crippen LogP contribution in [0.25, 0.3) is 0 Å². The van der Waals surface area contributed by atoms with Crippen LogP contribution < -0.4 is 5.32 Å². The summed E-state index contributed by atoms with van der Waals surface area (Å²) < 4.78 is 11.2. The second-order valence-corrected chi connectivity index (χ2v) is 19.0. The first-order valence-corrected chi connectivity index (χ1v) is 28.1. The Hall–Kier alpha value is -3.15. The molecule has 0 radical (unpaired) electrons. The first-order chi connectivity index (χ1) is 34.3. The van der Waals surface area contributed by atoms with Crippen LogP contribution in [-0.4, -0.2) is 87.5 Å². The first kappa shape index (κ1) is 64.9. The molecule has 1 aliphatic rings. The third-order valence-corrected chi connectivity index (χ3v) is 12.6. The summed E-state index contributed by atoms with van der Waals surface area (Å²) in [5, 5.41) is 54.2. The van der Waals surface area contributed by atoms with Gasteiger partial charge in [-0.1, -0.05) is 232 Å². The molecule has 1 aliphatic heterocycles. The van der Waals surface area contributed by atoms with Crippen molar-refractivity contribution < 1.29 is 39.8 Å². The van der Waals surface area contributed by atoms with Gasteiger partial charge in [-0.05, 0) is 83.5 Å². The van der Waals surface area contributed by atoms with E-state index in [1.807, 2.05) is 6.08 Å². The Morgan fingerprint density at radius 3 is 1.31 bits per heavy atom. The fourth-order valence-corrected chi connectivity index (χ4v) is 8.17. The SMILES string of the molecule is CC/C=C\C/C=C\C/C=C\C/C=C\C/C=C\C/C=C\C/C=C\C/C=C\CCCCCCCCCCCCCCC(=O)NC(COC1OC(CO)C(O)C(O)C1O)C(O)/C=C/CCCCCCCCCC. The smallest absolute Gasteiger partial charge is 0.220 e. The van der Waals surface area contributed by atoms with E-state index >= 15 is 0 Å². The van der Waals surface area contributed by atoms with Crippen molar-refractivity contribution in [1.82, 2.24) is 5.32 Å². The summed E-state index contributed by atoms with van der Waals surface area (Å²) in [6.07, 6.45) is 65.9. The molecule has 1 fully saturated rings. The second-order valence-electron chi connectivity index (χ2n) is 19.0. The molecule has 1 amide bonds. The van der Waals surface area contributed by atoms with Gasteiger partial charge in [0.25, 0.3) is 0 Å². The lowest BCUT2D eigenvalue weighted by Crippen LogP contribution is -2.60. The van der Waals surface area contributed by atoms with Crippen molar-refractivity contribution in [3.05, 3.63) is 109 Å². The Labute approximate surface area is 427 Å². The highest BCUT2D eigenvalue weighted by Gasteiger charge is 2.44. The van der Waals surface area contributed by atoms with Crippen molar-refractivity contribution in [2.75, 3.05) is 13.2 Å². The highest BCUT2D eigenvalue weighted by atomic mass is 16.7. The molecule has 0 bridgehead atoms. The van der Waals surface area contributed by atoms with Crippen molar-refractivity contribution in [2.45, 2.75) is 256 Å². The summed E-state index contributed by atoms with van der Waals surface area (Å²) in [5.41, 5.74) is 0. The molecule has 0 aromatic rings. The highest BCUT2D eigenvalue weighted by Crippen LogP contribution is 2.23. The van der Waals surface area contributed by atoms with E-state index in [9.17, 15) is 30.3 Å². The van der Waals surface area contributed by atoms with Gasteiger partial charge in [0.05, 0.1) is 25.4 Å². The van der Waals surface area contributed by atoms with Crippen molar-refractivity contribution in [2.24, 2.45) is 0 Å². The number of aliphatic hydroxyl groups excluding tert-OH is 5. The third kappa shape index (κ3) is 38.5. The van der Waals surface area contributed by atoms with E-state index in [4.69, 9.17) is 9.47 Å². The fourth-order valence-electron chi connectivity index (χ4n) is 8.17. The first-order valence-electron chi connectivity index (χ1n) is 28.1. The van der Waals surface area contributed by atoms with Crippen molar-refractivity contribution >= 4 is 5.91 Å². The second kappa shape index (κ2) is 49.4. The number of nitrogens with one attached hydrogen (secondary N) is 1. The molecule has 0 aliphatic carbocycles. The van der Waals surface area contributed by atoms with E-state index in [-0.39, 0.29) is 12.5 Å². The standard InChI is InChI=1S/C61H103NO8/c1-3-5-7-9-11-13-15-16-17-18-19-20-21-22-23-24-25-26-27-28-29-30-31-32-33-34-35-36-37-38-39-40-41-43-45-47-49-51-57(65)62-54(53-69-61-60(68)59(67)58(66)56(52-63)70-61)55(64)50-48-46-44-42-14-12-10-8-6-4-2/h5,7,11,13,16-17,19-20,22-23,25-26,28-29,31-32,48,50,54-56,58-61,63-64,66-68H,3-4,6,8-10,12,14-15,18,21,24,27,30,33-47,49,51-53H2,1-2H3,(H,62,65)/b7-5-,13-11-,17-16-,20-19-,23-22-,26-25-,29-28-,32-31-,50-48+. The van der Waals surface area contributed by atoms with Gasteiger partial charge in [-0.15, -0.1) is 0 Å². The minimum absolute atomic E-state index is 0.186. The average Bonchev–Trinajstić information content (AvgIpc) is 3.36. The van der Waals surface area contributed by atoms with Gasteiger partial charge in [-0.25, -0.2) is 0 Å². The third-order valence-electron chi connectivity index (χ3n) is 12.6. The molecule has 0 saturated carbocycles. The predicted octanol–water partition coefficient (Wildman–Crippen LogP) is 13.8. The Balaban J connectivity index is 2.12. The van der Waals surface area contributed by atoms with E-state index in [0.717, 1.165) is 89.9 Å². The molecule has 7 unspecified atom stereocenters. The van der Waals surface area contributed by atoms with Crippen LogP contribution in [0.3, 0.4) is 0 Å². The van der Waals surface area contributed by atoms with Gasteiger partial charge in [0.2, 0.25) is 5.91 Å². The van der Waals surface area contributed by atoms with Crippen LogP contribution in [0, 0.1) is 0 Å². The Morgan fingerprint density at radius 2 is 0.886 bits per heavy atom. The minimum Gasteiger partial charge on any atom is -0.394 e. The zero-order valence-electron chi connectivity index (χ0n) is 44.2. The van der Waals surface area contributed by atoms with Crippen LogP contribution in [0.1, 0.15) is 213 Å². The molecule has 0 aromatic carbocycles. The zero-order valence-corrected chi connectivity index (χ0v) is 44.2. The number of ether oxygens (including phenoxy) is 2. The minimum atomic E-state index is -1.57. The number of hydrogen-bond donors (Lipinski definition) is 6. The zero-order chi connectivity index (χ0) is 50.8. The summed E-state index contributed by atoms with van der Waals surface area (Å²) in [5.74, 6) is -0.186. The Kier molecular flexibility index (Phi) is 45.8. The predicted molar refractivity (Wildman–Crippen MR) is 294 cm³/mol. The molecule has 9 heteroatoms. The lowest BCUT2D eigenvalue weighted by Gasteiger charge is -2.40. The van der Waals surface area contributed by atoms with Crippen LogP contribution in [-0.2, 0) is 14.3 Å². The van der Waals surface area contributed by atoms with Gasteiger partial charge < -0.3 is 40.3 Å². The average molecular weight is 978 g/mol. The van der Waals surface area contributed by atoms with Crippen LogP contribution in [0.15, 0.2) is 109 Å². The van der Waals surface area contributed by atoms with Gasteiger partial charge >= 0.3 is 0 Å². The van der Waals surface area contributed by atoms with Crippen LogP contribution in [0.2, 0.25) is 0 Å². The molecule has 400 valence electrons. The van der Waals surface area contributed by atoms with Gasteiger partial charge in [0, 0.05) is 6.42 Å². The number of hydrogen-bond acceptors (Lipinski definition) is 8. The summed E-state index contributed by atoms with van der Waals surface area (Å²) in [6.45, 7) is 3.62. The van der Waals surface area contributed by atoms with E-state index < -0.39 is 49.5 Å². The van der Waals surface area contributed by atoms with Gasteiger partial charge in [0.15, 0.2) is 6.29 Å². The quantitative estimate of drug-likeness (QED) is 0.0261. The van der Waals surface area contributed by atoms with Crippen LogP contribution in [0.5, 0.6) is 0 Å². The van der Waals surface area contributed by atoms with Crippen molar-refractivity contribution in [3.8, 4) is 0 Å². The van der Waals surface area contributed by atoms with Crippen molar-refractivity contribution in [3.63, 3.8) is 0 Å². The van der Waals surface area contributed by atoms with E-state index in [1.54, 1.807) is 6.08 Å². The molecule has 7 atom stereocenters. The van der Waals surface area contributed by atoms with Crippen LogP contribution >= 0.6 is 0 Å². The molecule has 6 N–H and O–H groups in total. The van der Waals surface area contributed by atoms with Gasteiger partial charge in [-0.2, -0.15) is 0 Å². The molecule has 0 spiro atoms. The highest BCUT2D eigenvalue weighted by molar-refractivity contribution is 5.76. The molecule has 1 rings (SSSR count). The number of amides is 1. The lowest BCUT2D eigenvalue weighted by molar-refractivity contribution is -0.302.